The highest BCUT2D eigenvalue weighted by Crippen LogP contribution is 2.22. The Morgan fingerprint density at radius 1 is 1.20 bits per heavy atom. The molecule has 0 spiro atoms. The van der Waals surface area contributed by atoms with Crippen LogP contribution in [0.5, 0.6) is 5.75 Å². The first-order valence-electron chi connectivity index (χ1n) is 4.31. The summed E-state index contributed by atoms with van der Waals surface area (Å²) in [6.07, 6.45) is -2.95. The van der Waals surface area contributed by atoms with Crippen molar-refractivity contribution in [1.82, 2.24) is 0 Å². The zero-order valence-corrected chi connectivity index (χ0v) is 8.01. The Balaban J connectivity index is 2.85. The molecule has 0 aliphatic rings. The van der Waals surface area contributed by atoms with Crippen LogP contribution in [0, 0.1) is 6.92 Å². The van der Waals surface area contributed by atoms with Crippen LogP contribution in [0.4, 0.5) is 17.6 Å². The van der Waals surface area contributed by atoms with Gasteiger partial charge in [0.1, 0.15) is 5.75 Å². The lowest BCUT2D eigenvalue weighted by Crippen LogP contribution is -2.04. The predicted molar refractivity (Wildman–Crippen MR) is 47.5 cm³/mol. The number of hydrogen-bond donors (Lipinski definition) is 0. The molecule has 84 valence electrons. The van der Waals surface area contributed by atoms with Crippen molar-refractivity contribution in [2.75, 3.05) is 0 Å². The van der Waals surface area contributed by atoms with Gasteiger partial charge in [0, 0.05) is 6.42 Å². The summed E-state index contributed by atoms with van der Waals surface area (Å²) in [6, 6.07) is 4.17. The number of halogens is 4. The molecule has 0 saturated carbocycles. The monoisotopic (exact) mass is 222 g/mol. The maximum Gasteiger partial charge on any atom is 0.387 e. The predicted octanol–water partition coefficient (Wildman–Crippen LogP) is 3.40. The maximum absolute atomic E-state index is 12.0. The summed E-state index contributed by atoms with van der Waals surface area (Å²) in [5.74, 6) is -0.0526. The zero-order chi connectivity index (χ0) is 11.4. The van der Waals surface area contributed by atoms with Crippen LogP contribution in [0.15, 0.2) is 18.2 Å². The van der Waals surface area contributed by atoms with Gasteiger partial charge in [0.05, 0.1) is 0 Å². The van der Waals surface area contributed by atoms with Gasteiger partial charge in [-0.2, -0.15) is 8.78 Å². The molecule has 0 amide bonds. The second-order valence-corrected chi connectivity index (χ2v) is 3.07. The Hall–Kier alpha value is -1.26. The van der Waals surface area contributed by atoms with E-state index in [1.807, 2.05) is 0 Å². The van der Waals surface area contributed by atoms with Crippen molar-refractivity contribution < 1.29 is 22.3 Å². The lowest BCUT2D eigenvalue weighted by atomic mass is 10.1. The number of rotatable bonds is 4. The number of benzene rings is 1. The van der Waals surface area contributed by atoms with Crippen LogP contribution in [-0.4, -0.2) is 13.0 Å². The van der Waals surface area contributed by atoms with Crippen molar-refractivity contribution in [2.45, 2.75) is 26.4 Å². The van der Waals surface area contributed by atoms with E-state index in [1.165, 1.54) is 18.2 Å². The fourth-order valence-corrected chi connectivity index (χ4v) is 1.17. The third-order valence-corrected chi connectivity index (χ3v) is 1.86. The summed E-state index contributed by atoms with van der Waals surface area (Å²) in [6.45, 7) is -1.37. The lowest BCUT2D eigenvalue weighted by Gasteiger charge is -2.09. The number of aryl methyl sites for hydroxylation is 1. The molecule has 1 aromatic rings. The fourth-order valence-electron chi connectivity index (χ4n) is 1.17. The van der Waals surface area contributed by atoms with Crippen molar-refractivity contribution in [1.29, 1.82) is 0 Å². The van der Waals surface area contributed by atoms with Crippen LogP contribution >= 0.6 is 0 Å². The molecule has 1 nitrogen and oxygen atoms in total. The van der Waals surface area contributed by atoms with E-state index < -0.39 is 19.5 Å². The number of ether oxygens (including phenoxy) is 1. The van der Waals surface area contributed by atoms with Crippen LogP contribution in [0.1, 0.15) is 11.1 Å². The first kappa shape index (κ1) is 11.8. The molecule has 0 N–H and O–H groups in total. The van der Waals surface area contributed by atoms with Crippen molar-refractivity contribution in [2.24, 2.45) is 0 Å². The fraction of sp³-hybridized carbons (Fsp3) is 0.400. The molecule has 0 aliphatic heterocycles. The van der Waals surface area contributed by atoms with Crippen molar-refractivity contribution >= 4 is 0 Å². The molecule has 0 atom stereocenters. The molecule has 0 saturated heterocycles. The highest BCUT2D eigenvalue weighted by Gasteiger charge is 2.10. The van der Waals surface area contributed by atoms with Gasteiger partial charge in [-0.1, -0.05) is 12.1 Å². The van der Waals surface area contributed by atoms with Gasteiger partial charge in [-0.3, -0.25) is 0 Å². The summed E-state index contributed by atoms with van der Waals surface area (Å²) >= 11 is 0. The van der Waals surface area contributed by atoms with Gasteiger partial charge in [0.25, 0.3) is 0 Å². The van der Waals surface area contributed by atoms with Crippen LogP contribution < -0.4 is 4.74 Å². The molecule has 0 radical (unpaired) electrons. The molecule has 1 rings (SSSR count). The Bertz CT molecular complexity index is 325. The third kappa shape index (κ3) is 3.77. The molecular formula is C10H10F4O. The van der Waals surface area contributed by atoms with E-state index in [1.54, 1.807) is 6.92 Å². The van der Waals surface area contributed by atoms with E-state index in [2.05, 4.69) is 4.74 Å². The zero-order valence-electron chi connectivity index (χ0n) is 8.01. The van der Waals surface area contributed by atoms with Gasteiger partial charge < -0.3 is 4.74 Å². The average Bonchev–Trinajstić information content (AvgIpc) is 2.09. The van der Waals surface area contributed by atoms with Gasteiger partial charge in [0.2, 0.25) is 6.43 Å². The normalized spacial score (nSPS) is 11.1. The minimum atomic E-state index is -2.94. The molecule has 1 aromatic carbocycles. The number of hydrogen-bond acceptors (Lipinski definition) is 1. The Labute approximate surface area is 84.7 Å². The van der Waals surface area contributed by atoms with Crippen molar-refractivity contribution in [3.05, 3.63) is 29.3 Å². The highest BCUT2D eigenvalue weighted by molar-refractivity contribution is 5.36. The smallest absolute Gasteiger partial charge is 0.387 e. The summed E-state index contributed by atoms with van der Waals surface area (Å²) in [5, 5.41) is 0. The number of alkyl halides is 4. The van der Waals surface area contributed by atoms with Crippen LogP contribution in [0.2, 0.25) is 0 Å². The molecule has 0 unspecified atom stereocenters. The largest absolute Gasteiger partial charge is 0.435 e. The SMILES string of the molecule is Cc1ccc(CC(F)F)cc1OC(F)F. The quantitative estimate of drug-likeness (QED) is 0.709. The third-order valence-electron chi connectivity index (χ3n) is 1.86. The lowest BCUT2D eigenvalue weighted by molar-refractivity contribution is -0.0503. The van der Waals surface area contributed by atoms with Crippen LogP contribution in [0.3, 0.4) is 0 Å². The second kappa shape index (κ2) is 5.00. The standard InChI is InChI=1S/C10H10F4O/c1-6-2-3-7(5-9(11)12)4-8(6)15-10(13)14/h2-4,9-10H,5H2,1H3. The van der Waals surface area contributed by atoms with Gasteiger partial charge in [-0.25, -0.2) is 8.78 Å². The Morgan fingerprint density at radius 3 is 2.40 bits per heavy atom. The molecule has 0 fully saturated rings. The maximum atomic E-state index is 12.0. The van der Waals surface area contributed by atoms with E-state index >= 15 is 0 Å². The minimum absolute atomic E-state index is 0.0526. The Kier molecular flexibility index (Phi) is 3.94. The molecular weight excluding hydrogens is 212 g/mol. The minimum Gasteiger partial charge on any atom is -0.435 e. The van der Waals surface area contributed by atoms with Gasteiger partial charge in [0.15, 0.2) is 0 Å². The van der Waals surface area contributed by atoms with Gasteiger partial charge in [-0.15, -0.1) is 0 Å². The molecule has 5 heteroatoms. The van der Waals surface area contributed by atoms with Gasteiger partial charge in [-0.05, 0) is 24.1 Å². The summed E-state index contributed by atoms with van der Waals surface area (Å²) in [4.78, 5) is 0. The van der Waals surface area contributed by atoms with E-state index in [0.29, 0.717) is 5.56 Å². The topological polar surface area (TPSA) is 9.23 Å². The van der Waals surface area contributed by atoms with Gasteiger partial charge >= 0.3 is 6.61 Å². The van der Waals surface area contributed by atoms with Crippen LogP contribution in [-0.2, 0) is 6.42 Å². The highest BCUT2D eigenvalue weighted by atomic mass is 19.3. The van der Waals surface area contributed by atoms with E-state index in [9.17, 15) is 17.6 Å². The van der Waals surface area contributed by atoms with E-state index in [-0.39, 0.29) is 11.3 Å². The molecule has 15 heavy (non-hydrogen) atoms. The molecule has 0 aromatic heterocycles. The van der Waals surface area contributed by atoms with Crippen LogP contribution in [0.25, 0.3) is 0 Å². The van der Waals surface area contributed by atoms with Crippen molar-refractivity contribution in [3.63, 3.8) is 0 Å². The summed E-state index contributed by atoms with van der Waals surface area (Å²) in [5.41, 5.74) is 0.777. The molecule has 0 bridgehead atoms. The second-order valence-electron chi connectivity index (χ2n) is 3.07. The van der Waals surface area contributed by atoms with E-state index in [4.69, 9.17) is 0 Å². The summed E-state index contributed by atoms with van der Waals surface area (Å²) in [7, 11) is 0. The van der Waals surface area contributed by atoms with Crippen molar-refractivity contribution in [3.8, 4) is 5.75 Å². The summed E-state index contributed by atoms with van der Waals surface area (Å²) < 4.78 is 52.1. The Morgan fingerprint density at radius 2 is 1.87 bits per heavy atom. The molecule has 0 heterocycles. The first-order chi connectivity index (χ1) is 6.99. The molecule has 0 aliphatic carbocycles. The first-order valence-corrected chi connectivity index (χ1v) is 4.31. The average molecular weight is 222 g/mol. The van der Waals surface area contributed by atoms with E-state index in [0.717, 1.165) is 0 Å².